The van der Waals surface area contributed by atoms with Crippen LogP contribution in [0.1, 0.15) is 271 Å². The first-order chi connectivity index (χ1) is 39.8. The predicted molar refractivity (Wildman–Crippen MR) is 348 cm³/mol. The van der Waals surface area contributed by atoms with Crippen molar-refractivity contribution in [2.24, 2.45) is 5.73 Å². The molecule has 0 bridgehead atoms. The molecule has 0 aliphatic carbocycles. The maximum absolute atomic E-state index is 12.7. The van der Waals surface area contributed by atoms with Crippen molar-refractivity contribution < 1.29 is 37.6 Å². The zero-order chi connectivity index (χ0) is 58.7. The van der Waals surface area contributed by atoms with Gasteiger partial charge in [-0.1, -0.05) is 276 Å². The minimum Gasteiger partial charge on any atom is -0.462 e. The predicted octanol–water partition coefficient (Wildman–Crippen LogP) is 21.3. The summed E-state index contributed by atoms with van der Waals surface area (Å²) in [5.41, 5.74) is 5.39. The molecule has 2 unspecified atom stereocenters. The number of allylic oxidation sites excluding steroid dienone is 22. The zero-order valence-corrected chi connectivity index (χ0v) is 52.6. The molecule has 2 atom stereocenters. The van der Waals surface area contributed by atoms with Crippen LogP contribution in [0.25, 0.3) is 0 Å². The van der Waals surface area contributed by atoms with Crippen LogP contribution in [0.15, 0.2) is 134 Å². The van der Waals surface area contributed by atoms with Crippen LogP contribution in [-0.2, 0) is 32.7 Å². The lowest BCUT2D eigenvalue weighted by Crippen LogP contribution is -2.29. The van der Waals surface area contributed by atoms with Crippen LogP contribution in [0.2, 0.25) is 0 Å². The Morgan fingerprint density at radius 1 is 0.383 bits per heavy atom. The Morgan fingerprint density at radius 2 is 0.679 bits per heavy atom. The molecular formula is C71H120NO8P. The lowest BCUT2D eigenvalue weighted by Gasteiger charge is -2.19. The van der Waals surface area contributed by atoms with Gasteiger partial charge in [-0.05, 0) is 116 Å². The minimum absolute atomic E-state index is 0.0479. The van der Waals surface area contributed by atoms with Crippen LogP contribution in [-0.4, -0.2) is 49.3 Å². The topological polar surface area (TPSA) is 134 Å². The summed E-state index contributed by atoms with van der Waals surface area (Å²) in [5, 5.41) is 0. The van der Waals surface area contributed by atoms with E-state index in [9.17, 15) is 19.0 Å². The Hall–Kier alpha value is -3.85. The van der Waals surface area contributed by atoms with Crippen molar-refractivity contribution in [3.05, 3.63) is 134 Å². The number of phosphoric acid groups is 1. The van der Waals surface area contributed by atoms with Crippen LogP contribution in [0.3, 0.4) is 0 Å². The average Bonchev–Trinajstić information content (AvgIpc) is 3.46. The Labute approximate surface area is 497 Å². The van der Waals surface area contributed by atoms with E-state index < -0.39 is 26.5 Å². The van der Waals surface area contributed by atoms with Crippen molar-refractivity contribution >= 4 is 19.8 Å². The summed E-state index contributed by atoms with van der Waals surface area (Å²) in [6.07, 6.45) is 92.4. The molecule has 462 valence electrons. The summed E-state index contributed by atoms with van der Waals surface area (Å²) in [6, 6.07) is 0. The molecule has 0 radical (unpaired) electrons. The van der Waals surface area contributed by atoms with E-state index >= 15 is 0 Å². The average molecular weight is 1150 g/mol. The van der Waals surface area contributed by atoms with E-state index in [1.54, 1.807) is 0 Å². The Bertz CT molecular complexity index is 1790. The number of esters is 2. The maximum Gasteiger partial charge on any atom is 0.472 e. The first kappa shape index (κ1) is 77.2. The maximum atomic E-state index is 12.7. The third-order valence-electron chi connectivity index (χ3n) is 13.5. The highest BCUT2D eigenvalue weighted by atomic mass is 31.2. The summed E-state index contributed by atoms with van der Waals surface area (Å²) in [4.78, 5) is 35.3. The van der Waals surface area contributed by atoms with Gasteiger partial charge in [-0.3, -0.25) is 18.6 Å². The number of ether oxygens (including phenoxy) is 2. The number of hydrogen-bond donors (Lipinski definition) is 2. The van der Waals surface area contributed by atoms with E-state index in [-0.39, 0.29) is 38.6 Å². The van der Waals surface area contributed by atoms with Gasteiger partial charge in [0.25, 0.3) is 0 Å². The molecule has 0 aliphatic heterocycles. The highest BCUT2D eigenvalue weighted by Gasteiger charge is 2.26. The van der Waals surface area contributed by atoms with Gasteiger partial charge < -0.3 is 20.1 Å². The molecular weight excluding hydrogens is 1030 g/mol. The molecule has 0 aromatic carbocycles. The molecule has 0 fully saturated rings. The van der Waals surface area contributed by atoms with Crippen LogP contribution >= 0.6 is 7.82 Å². The summed E-state index contributed by atoms with van der Waals surface area (Å²) in [6.45, 7) is 3.60. The first-order valence-electron chi connectivity index (χ1n) is 32.7. The van der Waals surface area contributed by atoms with E-state index in [1.165, 1.54) is 122 Å². The van der Waals surface area contributed by atoms with E-state index in [4.69, 9.17) is 24.3 Å². The van der Waals surface area contributed by atoms with E-state index in [1.807, 2.05) is 0 Å². The van der Waals surface area contributed by atoms with Crippen molar-refractivity contribution in [3.8, 4) is 0 Å². The molecule has 0 aromatic rings. The number of rotatable bonds is 60. The normalized spacial score (nSPS) is 13.9. The van der Waals surface area contributed by atoms with Gasteiger partial charge in [-0.15, -0.1) is 0 Å². The fourth-order valence-electron chi connectivity index (χ4n) is 8.72. The molecule has 81 heavy (non-hydrogen) atoms. The Morgan fingerprint density at radius 3 is 1.01 bits per heavy atom. The van der Waals surface area contributed by atoms with Gasteiger partial charge in [0.2, 0.25) is 0 Å². The van der Waals surface area contributed by atoms with Crippen LogP contribution in [0, 0.1) is 0 Å². The van der Waals surface area contributed by atoms with Gasteiger partial charge in [0.05, 0.1) is 13.2 Å². The second kappa shape index (κ2) is 65.3. The number of hydrogen-bond acceptors (Lipinski definition) is 8. The standard InChI is InChI=1S/C71H120NO8P/c1-3-5-7-9-11-13-15-17-19-21-23-24-25-26-27-28-29-30-31-32-33-34-35-36-37-38-39-40-41-42-43-44-46-48-50-52-54-56-58-60-62-64-71(74)80-69(68-79-81(75,76)78-66-65-72)67-77-70(73)63-61-59-57-55-53-51-49-47-45-22-20-18-16-14-12-10-8-6-4-2/h5,7,11-14,17-20,23-24,26-27,29-30,32-33,35-36,38-39,69H,3-4,6,8-10,15-16,21-22,25,28,31,34,37,40-68,72H2,1-2H3,(H,75,76)/b7-5-,13-11-,14-12-,19-17-,20-18-,24-23-,27-26-,30-29-,33-32-,36-35-,39-38-. The zero-order valence-electron chi connectivity index (χ0n) is 51.7. The van der Waals surface area contributed by atoms with E-state index in [0.717, 1.165) is 116 Å². The van der Waals surface area contributed by atoms with Crippen LogP contribution < -0.4 is 5.73 Å². The molecule has 9 nitrogen and oxygen atoms in total. The van der Waals surface area contributed by atoms with Gasteiger partial charge >= 0.3 is 19.8 Å². The van der Waals surface area contributed by atoms with Gasteiger partial charge in [0, 0.05) is 19.4 Å². The van der Waals surface area contributed by atoms with Crippen LogP contribution in [0.5, 0.6) is 0 Å². The second-order valence-electron chi connectivity index (χ2n) is 21.2. The Kier molecular flexibility index (Phi) is 62.2. The molecule has 0 aromatic heterocycles. The molecule has 0 heterocycles. The number of phosphoric ester groups is 1. The van der Waals surface area contributed by atoms with Crippen LogP contribution in [0.4, 0.5) is 0 Å². The molecule has 0 aliphatic rings. The number of carbonyl (C=O) groups excluding carboxylic acids is 2. The number of unbranched alkanes of at least 4 members (excludes halogenated alkanes) is 25. The highest BCUT2D eigenvalue weighted by Crippen LogP contribution is 2.43. The first-order valence-corrected chi connectivity index (χ1v) is 34.2. The third-order valence-corrected chi connectivity index (χ3v) is 14.5. The van der Waals surface area contributed by atoms with Crippen molar-refractivity contribution in [2.75, 3.05) is 26.4 Å². The molecule has 10 heteroatoms. The lowest BCUT2D eigenvalue weighted by molar-refractivity contribution is -0.161. The van der Waals surface area contributed by atoms with Crippen molar-refractivity contribution in [1.82, 2.24) is 0 Å². The lowest BCUT2D eigenvalue weighted by atomic mass is 10.0. The largest absolute Gasteiger partial charge is 0.472 e. The summed E-state index contributed by atoms with van der Waals surface area (Å²) in [7, 11) is -4.40. The molecule has 0 saturated heterocycles. The highest BCUT2D eigenvalue weighted by molar-refractivity contribution is 7.47. The Balaban J connectivity index is 3.92. The fraction of sp³-hybridized carbons (Fsp3) is 0.662. The third kappa shape index (κ3) is 65.2. The molecule has 0 saturated carbocycles. The van der Waals surface area contributed by atoms with Gasteiger partial charge in [-0.25, -0.2) is 4.57 Å². The van der Waals surface area contributed by atoms with Crippen molar-refractivity contribution in [2.45, 2.75) is 277 Å². The monoisotopic (exact) mass is 1150 g/mol. The van der Waals surface area contributed by atoms with Gasteiger partial charge in [-0.2, -0.15) is 0 Å². The molecule has 0 amide bonds. The quantitative estimate of drug-likeness (QED) is 0.0264. The van der Waals surface area contributed by atoms with Crippen molar-refractivity contribution in [1.29, 1.82) is 0 Å². The number of carbonyl (C=O) groups is 2. The van der Waals surface area contributed by atoms with Gasteiger partial charge in [0.1, 0.15) is 6.61 Å². The summed E-state index contributed by atoms with van der Waals surface area (Å²) >= 11 is 0. The molecule has 0 rings (SSSR count). The minimum atomic E-state index is -4.40. The van der Waals surface area contributed by atoms with E-state index in [2.05, 4.69) is 148 Å². The number of nitrogens with two attached hydrogens (primary N) is 1. The fourth-order valence-corrected chi connectivity index (χ4v) is 9.48. The second-order valence-corrected chi connectivity index (χ2v) is 22.7. The summed E-state index contributed by atoms with van der Waals surface area (Å²) in [5.74, 6) is -0.835. The van der Waals surface area contributed by atoms with Gasteiger partial charge in [0.15, 0.2) is 6.10 Å². The van der Waals surface area contributed by atoms with E-state index in [0.29, 0.717) is 6.42 Å². The molecule has 0 spiro atoms. The van der Waals surface area contributed by atoms with Crippen molar-refractivity contribution in [3.63, 3.8) is 0 Å². The summed E-state index contributed by atoms with van der Waals surface area (Å²) < 4.78 is 33.1. The smallest absolute Gasteiger partial charge is 0.462 e. The molecule has 3 N–H and O–H groups in total. The SMILES string of the molecule is CC/C=C\C/C=C\C/C=C\C/C=C\C/C=C\C/C=C\C/C=C\C/C=C\C/C=C\CCCCCCCCCCCCCCCC(=O)OC(COC(=O)CCCCCCCCCCC/C=C\C/C=C\CCCCC)COP(=O)(O)OCCN.